The highest BCUT2D eigenvalue weighted by atomic mass is 35.5. The second-order valence-electron chi connectivity index (χ2n) is 8.99. The van der Waals surface area contributed by atoms with Crippen LogP contribution in [0.25, 0.3) is 5.65 Å². The molecule has 2 saturated heterocycles. The molecule has 5 rings (SSSR count). The van der Waals surface area contributed by atoms with E-state index in [0.717, 1.165) is 53.7 Å². The van der Waals surface area contributed by atoms with Crippen molar-refractivity contribution < 1.29 is 9.84 Å². The number of fused-ring (bicyclic) bond motifs is 1. The minimum Gasteiger partial charge on any atom is -0.388 e. The third-order valence-electron chi connectivity index (χ3n) is 7.07. The van der Waals surface area contributed by atoms with E-state index in [-0.39, 0.29) is 24.2 Å². The van der Waals surface area contributed by atoms with Gasteiger partial charge in [-0.05, 0) is 50.5 Å². The van der Waals surface area contributed by atoms with Crippen LogP contribution in [0.5, 0.6) is 0 Å². The lowest BCUT2D eigenvalue weighted by Gasteiger charge is -2.42. The van der Waals surface area contributed by atoms with Crippen molar-refractivity contribution in [3.63, 3.8) is 0 Å². The average Bonchev–Trinajstić information content (AvgIpc) is 3.36. The first kappa shape index (κ1) is 23.2. The van der Waals surface area contributed by atoms with Crippen LogP contribution in [0.1, 0.15) is 31.2 Å². The number of aromatic nitrogens is 3. The van der Waals surface area contributed by atoms with Gasteiger partial charge in [0.1, 0.15) is 12.4 Å². The van der Waals surface area contributed by atoms with Crippen LogP contribution in [0.15, 0.2) is 34.1 Å². The highest BCUT2D eigenvalue weighted by Crippen LogP contribution is 2.44. The number of halogens is 2. The molecule has 3 aromatic rings. The number of nitrogens with zero attached hydrogens (tertiary/aromatic N) is 4. The number of piperidine rings is 1. The molecule has 0 saturated carbocycles. The van der Waals surface area contributed by atoms with E-state index in [1.807, 2.05) is 16.5 Å². The van der Waals surface area contributed by atoms with E-state index >= 15 is 0 Å². The van der Waals surface area contributed by atoms with E-state index in [1.165, 1.54) is 11.8 Å². The van der Waals surface area contributed by atoms with Crippen LogP contribution in [0.3, 0.4) is 0 Å². The molecule has 2 fully saturated rings. The molecule has 1 aromatic carbocycles. The van der Waals surface area contributed by atoms with E-state index in [2.05, 4.69) is 35.0 Å². The van der Waals surface area contributed by atoms with Crippen molar-refractivity contribution in [1.29, 1.82) is 0 Å². The van der Waals surface area contributed by atoms with E-state index in [0.29, 0.717) is 21.5 Å². The predicted molar refractivity (Wildman–Crippen MR) is 132 cm³/mol. The quantitative estimate of drug-likeness (QED) is 0.543. The van der Waals surface area contributed by atoms with Gasteiger partial charge in [-0.15, -0.1) is 10.2 Å². The summed E-state index contributed by atoms with van der Waals surface area (Å²) in [5.41, 5.74) is 8.30. The summed E-state index contributed by atoms with van der Waals surface area (Å²) in [7, 11) is 0. The second kappa shape index (κ2) is 8.91. The molecular formula is C23H27Cl2N5O2S. The molecule has 0 aliphatic carbocycles. The molecule has 3 N–H and O–H groups in total. The SMILES string of the molecule is Cc1cc(N2CCC3(CC2)COC(C)C3N)n2c(CO)nnc2c1Sc1cccc(Cl)c1Cl. The van der Waals surface area contributed by atoms with Crippen molar-refractivity contribution in [1.82, 2.24) is 14.6 Å². The van der Waals surface area contributed by atoms with Crippen LogP contribution in [-0.4, -0.2) is 51.5 Å². The fourth-order valence-corrected chi connectivity index (χ4v) is 6.47. The molecule has 0 radical (unpaired) electrons. The number of rotatable bonds is 4. The van der Waals surface area contributed by atoms with Crippen LogP contribution >= 0.6 is 35.0 Å². The summed E-state index contributed by atoms with van der Waals surface area (Å²) in [6, 6.07) is 7.78. The largest absolute Gasteiger partial charge is 0.388 e. The van der Waals surface area contributed by atoms with E-state index in [1.54, 1.807) is 6.07 Å². The molecule has 2 aliphatic heterocycles. The van der Waals surface area contributed by atoms with E-state index in [9.17, 15) is 5.11 Å². The van der Waals surface area contributed by atoms with Crippen molar-refractivity contribution in [3.8, 4) is 0 Å². The fourth-order valence-electron chi connectivity index (χ4n) is 4.99. The molecule has 0 amide bonds. The van der Waals surface area contributed by atoms with Crippen LogP contribution in [-0.2, 0) is 11.3 Å². The number of aliphatic hydroxyl groups excluding tert-OH is 1. The number of hydrogen-bond donors (Lipinski definition) is 2. The summed E-state index contributed by atoms with van der Waals surface area (Å²) in [4.78, 5) is 4.12. The molecule has 4 heterocycles. The third-order valence-corrected chi connectivity index (χ3v) is 9.27. The van der Waals surface area contributed by atoms with Gasteiger partial charge in [0, 0.05) is 29.4 Å². The first-order valence-corrected chi connectivity index (χ1v) is 12.6. The molecular weight excluding hydrogens is 481 g/mol. The van der Waals surface area contributed by atoms with Gasteiger partial charge in [-0.2, -0.15) is 0 Å². The normalized spacial score (nSPS) is 22.5. The highest BCUT2D eigenvalue weighted by molar-refractivity contribution is 7.99. The summed E-state index contributed by atoms with van der Waals surface area (Å²) in [6.45, 7) is 6.36. The number of nitrogens with two attached hydrogens (primary N) is 1. The summed E-state index contributed by atoms with van der Waals surface area (Å²) in [5, 5.41) is 19.7. The Hall–Kier alpha value is -1.55. The lowest BCUT2D eigenvalue weighted by Crippen LogP contribution is -2.51. The topological polar surface area (TPSA) is 88.9 Å². The zero-order valence-corrected chi connectivity index (χ0v) is 20.9. The first-order valence-electron chi connectivity index (χ1n) is 11.1. The molecule has 1 spiro atoms. The second-order valence-corrected chi connectivity index (χ2v) is 10.8. The minimum atomic E-state index is -0.201. The summed E-state index contributed by atoms with van der Waals surface area (Å²) >= 11 is 14.2. The summed E-state index contributed by atoms with van der Waals surface area (Å²) in [6.07, 6.45) is 2.02. The van der Waals surface area contributed by atoms with Gasteiger partial charge in [0.25, 0.3) is 0 Å². The van der Waals surface area contributed by atoms with Gasteiger partial charge in [0.15, 0.2) is 11.5 Å². The van der Waals surface area contributed by atoms with Crippen LogP contribution in [0.4, 0.5) is 5.82 Å². The van der Waals surface area contributed by atoms with Crippen molar-refractivity contribution in [2.45, 2.75) is 55.2 Å². The molecule has 0 bridgehead atoms. The number of aryl methyl sites for hydroxylation is 1. The Morgan fingerprint density at radius 1 is 1.27 bits per heavy atom. The number of aliphatic hydroxyl groups is 1. The van der Waals surface area contributed by atoms with Gasteiger partial charge in [-0.25, -0.2) is 0 Å². The summed E-state index contributed by atoms with van der Waals surface area (Å²) in [5.74, 6) is 1.49. The number of anilines is 1. The Labute approximate surface area is 207 Å². The van der Waals surface area contributed by atoms with E-state index in [4.69, 9.17) is 33.7 Å². The van der Waals surface area contributed by atoms with Gasteiger partial charge in [0.05, 0.1) is 27.7 Å². The van der Waals surface area contributed by atoms with Crippen LogP contribution in [0.2, 0.25) is 10.0 Å². The van der Waals surface area contributed by atoms with Gasteiger partial charge >= 0.3 is 0 Å². The maximum atomic E-state index is 9.99. The number of ether oxygens (including phenoxy) is 1. The summed E-state index contributed by atoms with van der Waals surface area (Å²) < 4.78 is 7.84. The lowest BCUT2D eigenvalue weighted by molar-refractivity contribution is 0.0974. The monoisotopic (exact) mass is 507 g/mol. The van der Waals surface area contributed by atoms with Crippen molar-refractivity contribution in [2.24, 2.45) is 11.1 Å². The molecule has 7 nitrogen and oxygen atoms in total. The van der Waals surface area contributed by atoms with Gasteiger partial charge in [-0.1, -0.05) is 41.0 Å². The zero-order valence-electron chi connectivity index (χ0n) is 18.6. The Balaban J connectivity index is 1.51. The van der Waals surface area contributed by atoms with E-state index < -0.39 is 0 Å². The zero-order chi connectivity index (χ0) is 23.3. The van der Waals surface area contributed by atoms with Crippen LogP contribution in [0, 0.1) is 12.3 Å². The smallest absolute Gasteiger partial charge is 0.176 e. The first-order chi connectivity index (χ1) is 15.8. The Kier molecular flexibility index (Phi) is 6.26. The number of benzene rings is 1. The fraction of sp³-hybridized carbons (Fsp3) is 0.478. The number of hydrogen-bond acceptors (Lipinski definition) is 7. The predicted octanol–water partition coefficient (Wildman–Crippen LogP) is 4.32. The molecule has 2 aromatic heterocycles. The maximum Gasteiger partial charge on any atom is 0.176 e. The van der Waals surface area contributed by atoms with Crippen molar-refractivity contribution >= 4 is 46.4 Å². The Morgan fingerprint density at radius 2 is 2.03 bits per heavy atom. The van der Waals surface area contributed by atoms with Gasteiger partial charge < -0.3 is 20.5 Å². The molecule has 2 atom stereocenters. The molecule has 176 valence electrons. The third kappa shape index (κ3) is 3.90. The Morgan fingerprint density at radius 3 is 2.70 bits per heavy atom. The molecule has 2 aliphatic rings. The average molecular weight is 508 g/mol. The van der Waals surface area contributed by atoms with Crippen LogP contribution < -0.4 is 10.6 Å². The molecule has 2 unspecified atom stereocenters. The minimum absolute atomic E-state index is 0.0379. The highest BCUT2D eigenvalue weighted by Gasteiger charge is 2.47. The molecule has 33 heavy (non-hydrogen) atoms. The van der Waals surface area contributed by atoms with Crippen molar-refractivity contribution in [3.05, 3.63) is 45.7 Å². The standard InChI is InChI=1S/C23H27Cl2N5O2S/c1-13-10-18(29-8-6-23(7-9-29)12-32-14(2)21(23)26)30-17(11-31)27-28-22(30)20(13)33-16-5-3-4-15(24)19(16)25/h3-5,10,14,21,31H,6-9,11-12,26H2,1-2H3. The number of pyridine rings is 1. The van der Waals surface area contributed by atoms with Crippen molar-refractivity contribution in [2.75, 3.05) is 24.6 Å². The van der Waals surface area contributed by atoms with Gasteiger partial charge in [0.2, 0.25) is 0 Å². The lowest BCUT2D eigenvalue weighted by atomic mass is 9.73. The maximum absolute atomic E-state index is 9.99. The Bertz CT molecular complexity index is 1200. The van der Waals surface area contributed by atoms with Gasteiger partial charge in [-0.3, -0.25) is 4.40 Å². The molecule has 10 heteroatoms.